The Balaban J connectivity index is 0.00000361. The summed E-state index contributed by atoms with van der Waals surface area (Å²) in [5.74, 6) is 0.980. The minimum Gasteiger partial charge on any atom is -0.497 e. The van der Waals surface area contributed by atoms with Gasteiger partial charge in [0.05, 0.1) is 7.11 Å². The van der Waals surface area contributed by atoms with Gasteiger partial charge in [-0.25, -0.2) is 0 Å². The fourth-order valence-electron chi connectivity index (χ4n) is 2.30. The Hall–Kier alpha value is 0.0239. The molecule has 1 unspecified atom stereocenters. The number of methoxy groups -OCH3 is 1. The van der Waals surface area contributed by atoms with Gasteiger partial charge in [0.25, 0.3) is 5.91 Å². The maximum absolute atomic E-state index is 12.3. The van der Waals surface area contributed by atoms with Gasteiger partial charge >= 0.3 is 0 Å². The molecule has 1 radical (unpaired) electrons. The maximum atomic E-state index is 12.3. The van der Waals surface area contributed by atoms with Crippen LogP contribution >= 0.6 is 7.92 Å². The van der Waals surface area contributed by atoms with Gasteiger partial charge in [-0.15, -0.1) is 0 Å². The second kappa shape index (κ2) is 9.13. The Bertz CT molecular complexity index is 440. The molecule has 3 nitrogen and oxygen atoms in total. The van der Waals surface area contributed by atoms with Gasteiger partial charge in [0.1, 0.15) is 11.4 Å². The van der Waals surface area contributed by atoms with E-state index >= 15 is 0 Å². The number of carbonyl (C=O) groups is 1. The molecule has 1 aromatic carbocycles. The normalized spacial score (nSPS) is 11.8. The summed E-state index contributed by atoms with van der Waals surface area (Å²) in [6.45, 7) is 10.4. The number of rotatable bonds is 5. The van der Waals surface area contributed by atoms with Gasteiger partial charge in [-0.05, 0) is 43.5 Å². The first-order chi connectivity index (χ1) is 8.90. The van der Waals surface area contributed by atoms with Crippen molar-refractivity contribution in [3.05, 3.63) is 23.3 Å². The summed E-state index contributed by atoms with van der Waals surface area (Å²) in [5, 5.41) is 3.09. The van der Waals surface area contributed by atoms with E-state index in [0.717, 1.165) is 29.0 Å². The largest absolute Gasteiger partial charge is 0.497 e. The minimum absolute atomic E-state index is 0. The minimum atomic E-state index is -0.617. The van der Waals surface area contributed by atoms with Crippen molar-refractivity contribution >= 4 is 19.5 Å². The molecule has 1 N–H and O–H groups in total. The van der Waals surface area contributed by atoms with Crippen molar-refractivity contribution in [1.29, 1.82) is 0 Å². The van der Waals surface area contributed by atoms with Gasteiger partial charge in [0, 0.05) is 59.6 Å². The summed E-state index contributed by atoms with van der Waals surface area (Å²) in [4.78, 5) is 12.3. The number of aryl methyl sites for hydroxylation is 2. The van der Waals surface area contributed by atoms with Crippen LogP contribution in [0.3, 0.4) is 0 Å². The summed E-state index contributed by atoms with van der Waals surface area (Å²) in [7, 11) is 1.04. The predicted octanol–water partition coefficient (Wildman–Crippen LogP) is 3.50. The molecule has 5 heteroatoms. The summed E-state index contributed by atoms with van der Waals surface area (Å²) in [5.41, 5.74) is 3.17. The van der Waals surface area contributed by atoms with Gasteiger partial charge < -0.3 is 10.1 Å². The molecule has 0 heterocycles. The smallest absolute Gasteiger partial charge is 0.264 e. The molecule has 0 aromatic heterocycles. The molecule has 0 spiro atoms. The maximum Gasteiger partial charge on any atom is 0.264 e. The van der Waals surface area contributed by atoms with Gasteiger partial charge in [0.2, 0.25) is 0 Å². The molecule has 0 aliphatic rings. The van der Waals surface area contributed by atoms with Gasteiger partial charge in [0.15, 0.2) is 0 Å². The van der Waals surface area contributed by atoms with Crippen LogP contribution in [0, 0.1) is 13.8 Å². The Labute approximate surface area is 148 Å². The Morgan fingerprint density at radius 1 is 1.30 bits per heavy atom. The first kappa shape index (κ1) is 20.0. The van der Waals surface area contributed by atoms with Crippen molar-refractivity contribution in [2.24, 2.45) is 0 Å². The molecule has 0 aliphatic carbocycles. The molecule has 0 saturated heterocycles. The van der Waals surface area contributed by atoms with Crippen LogP contribution in [0.2, 0.25) is 0 Å². The van der Waals surface area contributed by atoms with E-state index in [9.17, 15) is 4.79 Å². The van der Waals surface area contributed by atoms with Crippen LogP contribution in [0.15, 0.2) is 12.1 Å². The van der Waals surface area contributed by atoms with Crippen molar-refractivity contribution < 1.29 is 42.2 Å². The van der Waals surface area contributed by atoms with Crippen molar-refractivity contribution in [3.8, 4) is 5.75 Å². The summed E-state index contributed by atoms with van der Waals surface area (Å²) in [6.07, 6.45) is 0.904. The molecular formula is C15H25NO2PY+. The number of hydrogen-bond donors (Lipinski definition) is 1. The average Bonchev–Trinajstić information content (AvgIpc) is 2.33. The molecule has 20 heavy (non-hydrogen) atoms. The summed E-state index contributed by atoms with van der Waals surface area (Å²) in [6, 6.07) is 3.90. The van der Waals surface area contributed by atoms with E-state index in [2.05, 4.69) is 25.6 Å². The second-order valence-corrected chi connectivity index (χ2v) is 8.02. The zero-order chi connectivity index (χ0) is 14.6. The number of carbonyl (C=O) groups excluding carboxylic acids is 1. The van der Waals surface area contributed by atoms with Crippen molar-refractivity contribution in [2.45, 2.75) is 32.9 Å². The Morgan fingerprint density at radius 2 is 1.80 bits per heavy atom. The fourth-order valence-corrected chi connectivity index (χ4v) is 3.72. The van der Waals surface area contributed by atoms with Crippen molar-refractivity contribution in [3.63, 3.8) is 0 Å². The number of hydrogen-bond acceptors (Lipinski definition) is 2. The van der Waals surface area contributed by atoms with Crippen molar-refractivity contribution in [2.75, 3.05) is 25.8 Å². The van der Waals surface area contributed by atoms with E-state index in [1.807, 2.05) is 26.0 Å². The molecule has 0 bridgehead atoms. The summed E-state index contributed by atoms with van der Waals surface area (Å²) < 4.78 is 5.23. The SMILES string of the molecule is CCC(C(=O)Nc1c(C)cc(OC)cc1C)[PH+](C)C.[Y]. The molecule has 1 aromatic rings. The molecule has 1 atom stereocenters. The van der Waals surface area contributed by atoms with Crippen LogP contribution in [0.4, 0.5) is 5.69 Å². The van der Waals surface area contributed by atoms with Crippen LogP contribution < -0.4 is 10.1 Å². The van der Waals surface area contributed by atoms with Gasteiger partial charge in [-0.2, -0.15) is 0 Å². The Morgan fingerprint density at radius 3 is 2.15 bits per heavy atom. The second-order valence-electron chi connectivity index (χ2n) is 5.16. The summed E-state index contributed by atoms with van der Waals surface area (Å²) >= 11 is 0. The zero-order valence-electron chi connectivity index (χ0n) is 13.3. The average molecular weight is 371 g/mol. The van der Waals surface area contributed by atoms with E-state index in [0.29, 0.717) is 0 Å². The number of nitrogens with one attached hydrogen (secondary N) is 1. The van der Waals surface area contributed by atoms with E-state index in [-0.39, 0.29) is 44.3 Å². The molecule has 0 saturated carbocycles. The number of ether oxygens (including phenoxy) is 1. The number of benzene rings is 1. The van der Waals surface area contributed by atoms with Crippen LogP contribution in [0.5, 0.6) is 5.75 Å². The molecule has 1 rings (SSSR count). The quantitative estimate of drug-likeness (QED) is 0.805. The third-order valence-corrected chi connectivity index (χ3v) is 5.48. The van der Waals surface area contributed by atoms with E-state index in [1.54, 1.807) is 7.11 Å². The standard InChI is InChI=1S/C15H24NO2P.Y/c1-7-13(19(5)6)15(17)16-14-10(2)8-12(18-4)9-11(14)3;/h8-9,13H,7H2,1-6H3,(H,16,17);/p+1. The van der Waals surface area contributed by atoms with Crippen LogP contribution in [0.25, 0.3) is 0 Å². The third-order valence-electron chi connectivity index (χ3n) is 3.41. The topological polar surface area (TPSA) is 38.3 Å². The van der Waals surface area contributed by atoms with Gasteiger partial charge in [-0.3, -0.25) is 4.79 Å². The monoisotopic (exact) mass is 371 g/mol. The van der Waals surface area contributed by atoms with Crippen LogP contribution in [-0.4, -0.2) is 32.0 Å². The van der Waals surface area contributed by atoms with Crippen LogP contribution in [0.1, 0.15) is 24.5 Å². The van der Waals surface area contributed by atoms with E-state index in [4.69, 9.17) is 4.74 Å². The van der Waals surface area contributed by atoms with E-state index in [1.165, 1.54) is 0 Å². The number of anilines is 1. The molecule has 1 amide bonds. The van der Waals surface area contributed by atoms with Gasteiger partial charge in [-0.1, -0.05) is 6.92 Å². The molecule has 0 aliphatic heterocycles. The molecule has 109 valence electrons. The third kappa shape index (κ3) is 5.09. The predicted molar refractivity (Wildman–Crippen MR) is 85.3 cm³/mol. The first-order valence-electron chi connectivity index (χ1n) is 6.66. The van der Waals surface area contributed by atoms with Crippen LogP contribution in [-0.2, 0) is 37.5 Å². The molecule has 0 fully saturated rings. The fraction of sp³-hybridized carbons (Fsp3) is 0.533. The van der Waals surface area contributed by atoms with Crippen molar-refractivity contribution in [1.82, 2.24) is 0 Å². The van der Waals surface area contributed by atoms with E-state index < -0.39 is 7.92 Å². The first-order valence-corrected chi connectivity index (χ1v) is 9.24. The zero-order valence-corrected chi connectivity index (χ0v) is 17.2. The molecular weight excluding hydrogens is 346 g/mol. The number of amides is 1. The Kier molecular flexibility index (Phi) is 9.14.